The van der Waals surface area contributed by atoms with Gasteiger partial charge in [0.25, 0.3) is 11.8 Å². The van der Waals surface area contributed by atoms with Crippen LogP contribution in [0.2, 0.25) is 0 Å². The highest BCUT2D eigenvalue weighted by molar-refractivity contribution is 7.84. The highest BCUT2D eigenvalue weighted by Gasteiger charge is 2.34. The quantitative estimate of drug-likeness (QED) is 0.526. The van der Waals surface area contributed by atoms with Crippen molar-refractivity contribution in [2.24, 2.45) is 0 Å². The topological polar surface area (TPSA) is 103 Å². The van der Waals surface area contributed by atoms with Gasteiger partial charge in [-0.05, 0) is 24.3 Å². The third-order valence-electron chi connectivity index (χ3n) is 6.09. The fourth-order valence-corrected chi connectivity index (χ4v) is 5.69. The molecule has 1 saturated heterocycles. The van der Waals surface area contributed by atoms with Gasteiger partial charge in [0.15, 0.2) is 5.69 Å². The number of rotatable bonds is 6. The second kappa shape index (κ2) is 10.1. The average Bonchev–Trinajstić information content (AvgIpc) is 3.28. The number of amides is 2. The molecule has 5 rings (SSSR count). The maximum atomic E-state index is 13.5. The molecular weight excluding hydrogens is 468 g/mol. The van der Waals surface area contributed by atoms with Crippen LogP contribution in [0.5, 0.6) is 0 Å². The van der Waals surface area contributed by atoms with E-state index in [9.17, 15) is 13.8 Å². The summed E-state index contributed by atoms with van der Waals surface area (Å²) in [5.74, 6) is -0.223. The Bertz CT molecular complexity index is 1300. The summed E-state index contributed by atoms with van der Waals surface area (Å²) in [5.41, 5.74) is 3.57. The summed E-state index contributed by atoms with van der Waals surface area (Å²) < 4.78 is 25.2. The van der Waals surface area contributed by atoms with E-state index in [-0.39, 0.29) is 17.6 Å². The Morgan fingerprint density at radius 3 is 2.74 bits per heavy atom. The van der Waals surface area contributed by atoms with Crippen molar-refractivity contribution in [3.8, 4) is 16.9 Å². The van der Waals surface area contributed by atoms with Crippen molar-refractivity contribution in [3.05, 3.63) is 65.4 Å². The van der Waals surface area contributed by atoms with Gasteiger partial charge in [-0.15, -0.1) is 0 Å². The van der Waals surface area contributed by atoms with Crippen LogP contribution in [0.15, 0.2) is 53.4 Å². The van der Waals surface area contributed by atoms with Gasteiger partial charge in [-0.3, -0.25) is 13.8 Å². The molecule has 9 nitrogen and oxygen atoms in total. The lowest BCUT2D eigenvalue weighted by Crippen LogP contribution is -2.41. The molecule has 182 valence electrons. The zero-order chi connectivity index (χ0) is 24.4. The van der Waals surface area contributed by atoms with E-state index >= 15 is 0 Å². The molecule has 1 aromatic heterocycles. The van der Waals surface area contributed by atoms with E-state index in [2.05, 4.69) is 5.32 Å². The number of benzene rings is 2. The summed E-state index contributed by atoms with van der Waals surface area (Å²) in [4.78, 5) is 28.6. The molecule has 0 radical (unpaired) electrons. The number of fused-ring (bicyclic) bond motifs is 3. The van der Waals surface area contributed by atoms with Crippen LogP contribution in [0.25, 0.3) is 16.9 Å². The predicted molar refractivity (Wildman–Crippen MR) is 130 cm³/mol. The summed E-state index contributed by atoms with van der Waals surface area (Å²) in [6.45, 7) is 2.73. The number of morpholine rings is 1. The van der Waals surface area contributed by atoms with Crippen LogP contribution >= 0.6 is 0 Å². The van der Waals surface area contributed by atoms with E-state index in [1.807, 2.05) is 30.3 Å². The molecule has 0 spiro atoms. The first-order valence-electron chi connectivity index (χ1n) is 11.4. The molecule has 1 atom stereocenters. The average molecular weight is 495 g/mol. The van der Waals surface area contributed by atoms with Gasteiger partial charge in [0.05, 0.1) is 47.8 Å². The van der Waals surface area contributed by atoms with E-state index in [1.165, 1.54) is 0 Å². The Morgan fingerprint density at radius 1 is 1.14 bits per heavy atom. The molecule has 1 N–H and O–H groups in total. The van der Waals surface area contributed by atoms with Crippen molar-refractivity contribution in [3.63, 3.8) is 0 Å². The van der Waals surface area contributed by atoms with Crippen LogP contribution in [0.3, 0.4) is 0 Å². The van der Waals surface area contributed by atoms with Crippen LogP contribution in [-0.4, -0.2) is 77.3 Å². The first-order valence-corrected chi connectivity index (χ1v) is 12.7. The molecular formula is C25H26N4O5S. The fourth-order valence-electron chi connectivity index (χ4n) is 4.36. The molecule has 0 bridgehead atoms. The normalized spacial score (nSPS) is 16.9. The van der Waals surface area contributed by atoms with Gasteiger partial charge in [-0.2, -0.15) is 5.10 Å². The predicted octanol–water partition coefficient (Wildman–Crippen LogP) is 2.01. The van der Waals surface area contributed by atoms with Crippen molar-refractivity contribution in [1.82, 2.24) is 20.0 Å². The van der Waals surface area contributed by atoms with Crippen LogP contribution in [-0.2, 0) is 26.0 Å². The van der Waals surface area contributed by atoms with Gasteiger partial charge >= 0.3 is 0 Å². The number of carbonyl (C=O) groups is 2. The number of methoxy groups -OCH3 is 1. The number of nitrogens with zero attached hydrogens (tertiary/aromatic N) is 3. The lowest BCUT2D eigenvalue weighted by atomic mass is 10.0. The molecule has 1 unspecified atom stereocenters. The zero-order valence-electron chi connectivity index (χ0n) is 19.4. The maximum absolute atomic E-state index is 13.5. The summed E-state index contributed by atoms with van der Waals surface area (Å²) >= 11 is 0. The molecule has 2 aliphatic rings. The largest absolute Gasteiger partial charge is 0.383 e. The number of ether oxygens (including phenoxy) is 2. The van der Waals surface area contributed by atoms with Gasteiger partial charge in [0.1, 0.15) is 0 Å². The summed E-state index contributed by atoms with van der Waals surface area (Å²) in [6.07, 6.45) is 0. The molecule has 2 aromatic carbocycles. The van der Waals surface area contributed by atoms with Gasteiger partial charge in [0.2, 0.25) is 0 Å². The Kier molecular flexibility index (Phi) is 6.76. The molecule has 3 heterocycles. The van der Waals surface area contributed by atoms with Crippen LogP contribution in [0, 0.1) is 0 Å². The molecule has 35 heavy (non-hydrogen) atoms. The van der Waals surface area contributed by atoms with Gasteiger partial charge in [0, 0.05) is 48.3 Å². The van der Waals surface area contributed by atoms with Gasteiger partial charge in [-0.25, -0.2) is 4.68 Å². The molecule has 2 aliphatic heterocycles. The molecule has 2 amide bonds. The zero-order valence-corrected chi connectivity index (χ0v) is 20.2. The fraction of sp³-hybridized carbons (Fsp3) is 0.320. The third kappa shape index (κ3) is 4.52. The van der Waals surface area contributed by atoms with E-state index < -0.39 is 10.8 Å². The standard InChI is InChI=1S/C25H26N4O5S/c1-33-12-9-26-24(30)17-5-4-6-18(15-17)29-23-19-7-2-3-8-21(19)35(32)16-20(23)22(27-29)25(31)28-10-13-34-14-11-28/h2-8,15H,9-14,16H2,1H3,(H,26,30). The lowest BCUT2D eigenvalue weighted by Gasteiger charge is -2.26. The van der Waals surface area contributed by atoms with Crippen LogP contribution in [0.1, 0.15) is 26.4 Å². The minimum absolute atomic E-state index is 0.201. The van der Waals surface area contributed by atoms with E-state index in [0.29, 0.717) is 66.9 Å². The molecule has 3 aromatic rings. The van der Waals surface area contributed by atoms with E-state index in [4.69, 9.17) is 14.6 Å². The number of hydrogen-bond donors (Lipinski definition) is 1. The number of nitrogens with one attached hydrogen (secondary N) is 1. The van der Waals surface area contributed by atoms with Crippen molar-refractivity contribution >= 4 is 22.6 Å². The Hall–Kier alpha value is -3.34. The van der Waals surface area contributed by atoms with E-state index in [0.717, 1.165) is 11.3 Å². The maximum Gasteiger partial charge on any atom is 0.274 e. The summed E-state index contributed by atoms with van der Waals surface area (Å²) in [7, 11) is 0.285. The monoisotopic (exact) mass is 494 g/mol. The molecule has 10 heteroatoms. The molecule has 1 fully saturated rings. The number of carbonyl (C=O) groups excluding carboxylic acids is 2. The van der Waals surface area contributed by atoms with Crippen molar-refractivity contribution in [2.75, 3.05) is 46.6 Å². The highest BCUT2D eigenvalue weighted by Crippen LogP contribution is 2.39. The minimum atomic E-state index is -1.29. The number of aromatic nitrogens is 2. The highest BCUT2D eigenvalue weighted by atomic mass is 32.2. The SMILES string of the molecule is COCCNC(=O)c1cccc(-n2nc(C(=O)N3CCOCC3)c3c2-c2ccccc2S(=O)C3)c1. The van der Waals surface area contributed by atoms with Crippen LogP contribution < -0.4 is 5.32 Å². The Balaban J connectivity index is 1.61. The smallest absolute Gasteiger partial charge is 0.274 e. The van der Waals surface area contributed by atoms with E-state index in [1.54, 1.807) is 34.9 Å². The molecule has 0 aliphatic carbocycles. The van der Waals surface area contributed by atoms with Crippen molar-refractivity contribution in [1.29, 1.82) is 0 Å². The Morgan fingerprint density at radius 2 is 1.94 bits per heavy atom. The van der Waals surface area contributed by atoms with Gasteiger partial charge in [-0.1, -0.05) is 24.3 Å². The Labute approximate surface area is 205 Å². The van der Waals surface area contributed by atoms with Crippen LogP contribution in [0.4, 0.5) is 0 Å². The second-order valence-electron chi connectivity index (χ2n) is 8.28. The van der Waals surface area contributed by atoms with Gasteiger partial charge < -0.3 is 19.7 Å². The third-order valence-corrected chi connectivity index (χ3v) is 7.49. The molecule has 0 saturated carbocycles. The number of hydrogen-bond acceptors (Lipinski definition) is 6. The first-order chi connectivity index (χ1) is 17.1. The van der Waals surface area contributed by atoms with Crippen molar-refractivity contribution < 1.29 is 23.3 Å². The van der Waals surface area contributed by atoms with Crippen molar-refractivity contribution in [2.45, 2.75) is 10.6 Å². The summed E-state index contributed by atoms with van der Waals surface area (Å²) in [5, 5.41) is 7.57. The minimum Gasteiger partial charge on any atom is -0.383 e. The second-order valence-corrected chi connectivity index (χ2v) is 9.70. The lowest BCUT2D eigenvalue weighted by molar-refractivity contribution is 0.0298. The first kappa shape index (κ1) is 23.4. The summed E-state index contributed by atoms with van der Waals surface area (Å²) in [6, 6.07) is 14.6.